The van der Waals surface area contributed by atoms with Crippen LogP contribution in [0.4, 0.5) is 0 Å². The first kappa shape index (κ1) is 14.1. The van der Waals surface area contributed by atoms with E-state index >= 15 is 0 Å². The van der Waals surface area contributed by atoms with Crippen LogP contribution in [0.3, 0.4) is 0 Å². The van der Waals surface area contributed by atoms with Gasteiger partial charge >= 0.3 is 5.97 Å². The quantitative estimate of drug-likeness (QED) is 0.666. The molecule has 2 nitrogen and oxygen atoms in total. The van der Waals surface area contributed by atoms with Gasteiger partial charge in [0.15, 0.2) is 0 Å². The van der Waals surface area contributed by atoms with Gasteiger partial charge in [-0.05, 0) is 43.5 Å². The maximum absolute atomic E-state index is 11.6. The highest BCUT2D eigenvalue weighted by Gasteiger charge is 2.13. The number of aliphatic carboxylic acids is 1. The summed E-state index contributed by atoms with van der Waals surface area (Å²) in [6.45, 7) is 5.91. The lowest BCUT2D eigenvalue weighted by atomic mass is 9.96. The second-order valence-electron chi connectivity index (χ2n) is 5.09. The maximum atomic E-state index is 11.6. The molecule has 2 aromatic rings. The van der Waals surface area contributed by atoms with Gasteiger partial charge in [0.05, 0.1) is 5.57 Å². The number of aryl methyl sites for hydroxylation is 3. The number of rotatable bonds is 3. The lowest BCUT2D eigenvalue weighted by Gasteiger charge is -2.08. The Labute approximate surface area is 119 Å². The minimum Gasteiger partial charge on any atom is -0.478 e. The van der Waals surface area contributed by atoms with Crippen molar-refractivity contribution in [2.75, 3.05) is 0 Å². The van der Waals surface area contributed by atoms with Gasteiger partial charge in [-0.25, -0.2) is 4.79 Å². The first-order valence-corrected chi connectivity index (χ1v) is 6.56. The van der Waals surface area contributed by atoms with E-state index < -0.39 is 5.97 Å². The average molecular weight is 266 g/mol. The van der Waals surface area contributed by atoms with E-state index in [2.05, 4.69) is 0 Å². The van der Waals surface area contributed by atoms with E-state index in [-0.39, 0.29) is 0 Å². The van der Waals surface area contributed by atoms with Crippen molar-refractivity contribution in [3.63, 3.8) is 0 Å². The van der Waals surface area contributed by atoms with Crippen LogP contribution < -0.4 is 0 Å². The van der Waals surface area contributed by atoms with E-state index in [1.807, 2.05) is 63.2 Å². The molecule has 0 saturated heterocycles. The Balaban J connectivity index is 2.54. The van der Waals surface area contributed by atoms with E-state index in [1.54, 1.807) is 6.08 Å². The summed E-state index contributed by atoms with van der Waals surface area (Å²) in [6.07, 6.45) is 1.73. The summed E-state index contributed by atoms with van der Waals surface area (Å²) in [5, 5.41) is 9.49. The van der Waals surface area contributed by atoms with E-state index in [0.29, 0.717) is 5.57 Å². The molecule has 20 heavy (non-hydrogen) atoms. The molecule has 0 atom stereocenters. The first-order valence-electron chi connectivity index (χ1n) is 6.56. The second-order valence-corrected chi connectivity index (χ2v) is 5.09. The molecule has 0 aromatic heterocycles. The van der Waals surface area contributed by atoms with E-state index in [9.17, 15) is 9.90 Å². The summed E-state index contributed by atoms with van der Waals surface area (Å²) in [4.78, 5) is 11.6. The fourth-order valence-electron chi connectivity index (χ4n) is 2.11. The van der Waals surface area contributed by atoms with Gasteiger partial charge in [0.2, 0.25) is 0 Å². The minimum absolute atomic E-state index is 0.329. The van der Waals surface area contributed by atoms with Crippen molar-refractivity contribution in [1.29, 1.82) is 0 Å². The van der Waals surface area contributed by atoms with Crippen molar-refractivity contribution in [2.45, 2.75) is 20.8 Å². The number of hydrogen-bond acceptors (Lipinski definition) is 1. The van der Waals surface area contributed by atoms with Crippen molar-refractivity contribution >= 4 is 17.6 Å². The summed E-state index contributed by atoms with van der Waals surface area (Å²) < 4.78 is 0. The summed E-state index contributed by atoms with van der Waals surface area (Å²) in [5.74, 6) is -0.903. The third kappa shape index (κ3) is 3.15. The van der Waals surface area contributed by atoms with Gasteiger partial charge in [-0.2, -0.15) is 0 Å². The van der Waals surface area contributed by atoms with Crippen LogP contribution in [-0.4, -0.2) is 11.1 Å². The Morgan fingerprint density at radius 3 is 2.15 bits per heavy atom. The number of carboxylic acids is 1. The fraction of sp³-hybridized carbons (Fsp3) is 0.167. The smallest absolute Gasteiger partial charge is 0.336 e. The summed E-state index contributed by atoms with van der Waals surface area (Å²) >= 11 is 0. The molecule has 0 aliphatic rings. The first-order chi connectivity index (χ1) is 9.47. The molecule has 0 heterocycles. The molecular weight excluding hydrogens is 248 g/mol. The van der Waals surface area contributed by atoms with Gasteiger partial charge in [0.25, 0.3) is 0 Å². The zero-order chi connectivity index (χ0) is 14.7. The molecule has 0 bridgehead atoms. The number of carboxylic acid groups (broad SMARTS) is 1. The van der Waals surface area contributed by atoms with Crippen molar-refractivity contribution < 1.29 is 9.90 Å². The topological polar surface area (TPSA) is 37.3 Å². The molecule has 1 N–H and O–H groups in total. The summed E-state index contributed by atoms with van der Waals surface area (Å²) in [6, 6.07) is 13.7. The molecule has 102 valence electrons. The van der Waals surface area contributed by atoms with Crippen LogP contribution in [0.2, 0.25) is 0 Å². The van der Waals surface area contributed by atoms with Crippen molar-refractivity contribution in [3.05, 3.63) is 70.3 Å². The fourth-order valence-corrected chi connectivity index (χ4v) is 2.11. The Morgan fingerprint density at radius 1 is 0.950 bits per heavy atom. The predicted molar refractivity (Wildman–Crippen MR) is 82.6 cm³/mol. The average Bonchev–Trinajstić information content (AvgIpc) is 2.41. The third-order valence-corrected chi connectivity index (χ3v) is 3.30. The molecule has 2 heteroatoms. The molecule has 0 saturated carbocycles. The number of benzene rings is 2. The lowest BCUT2D eigenvalue weighted by Crippen LogP contribution is -2.02. The summed E-state index contributed by atoms with van der Waals surface area (Å²) in [7, 11) is 0. The van der Waals surface area contributed by atoms with Gasteiger partial charge in [0.1, 0.15) is 0 Å². The molecule has 0 aliphatic heterocycles. The number of hydrogen-bond donors (Lipinski definition) is 1. The summed E-state index contributed by atoms with van der Waals surface area (Å²) in [5.41, 5.74) is 5.19. The molecule has 2 rings (SSSR count). The van der Waals surface area contributed by atoms with Crippen LogP contribution in [0.5, 0.6) is 0 Å². The van der Waals surface area contributed by atoms with Crippen molar-refractivity contribution in [1.82, 2.24) is 0 Å². The highest BCUT2D eigenvalue weighted by molar-refractivity contribution is 6.21. The van der Waals surface area contributed by atoms with E-state index in [0.717, 1.165) is 27.8 Å². The number of carbonyl (C=O) groups is 1. The van der Waals surface area contributed by atoms with Crippen LogP contribution in [-0.2, 0) is 4.79 Å². The molecule has 2 aromatic carbocycles. The van der Waals surface area contributed by atoms with Crippen LogP contribution in [0.25, 0.3) is 11.6 Å². The Bertz CT molecular complexity index is 664. The molecule has 0 radical (unpaired) electrons. The Kier molecular flexibility index (Phi) is 4.04. The Morgan fingerprint density at radius 2 is 1.55 bits per heavy atom. The van der Waals surface area contributed by atoms with E-state index in [4.69, 9.17) is 0 Å². The molecule has 0 unspecified atom stereocenters. The van der Waals surface area contributed by atoms with Crippen LogP contribution >= 0.6 is 0 Å². The van der Waals surface area contributed by atoms with Gasteiger partial charge < -0.3 is 5.11 Å². The largest absolute Gasteiger partial charge is 0.478 e. The normalized spacial score (nSPS) is 11.4. The molecule has 0 fully saturated rings. The molecule has 0 amide bonds. The SMILES string of the molecule is Cc1ccc(/C=C(\C(=O)O)c2cc(C)ccc2C)cc1. The van der Waals surface area contributed by atoms with Crippen LogP contribution in [0.15, 0.2) is 42.5 Å². The van der Waals surface area contributed by atoms with Crippen LogP contribution in [0, 0.1) is 20.8 Å². The van der Waals surface area contributed by atoms with Gasteiger partial charge in [-0.15, -0.1) is 0 Å². The highest BCUT2D eigenvalue weighted by Crippen LogP contribution is 2.23. The minimum atomic E-state index is -0.903. The van der Waals surface area contributed by atoms with Crippen LogP contribution in [0.1, 0.15) is 27.8 Å². The highest BCUT2D eigenvalue weighted by atomic mass is 16.4. The standard InChI is InChI=1S/C18H18O2/c1-12-5-8-15(9-6-12)11-17(18(19)20)16-10-13(2)4-7-14(16)3/h4-11H,1-3H3,(H,19,20)/b17-11-. The third-order valence-electron chi connectivity index (χ3n) is 3.30. The van der Waals surface area contributed by atoms with Crippen molar-refractivity contribution in [3.8, 4) is 0 Å². The monoisotopic (exact) mass is 266 g/mol. The Hall–Kier alpha value is -2.35. The van der Waals surface area contributed by atoms with Gasteiger partial charge in [-0.3, -0.25) is 0 Å². The zero-order valence-electron chi connectivity index (χ0n) is 12.0. The maximum Gasteiger partial charge on any atom is 0.336 e. The molecule has 0 aliphatic carbocycles. The van der Waals surface area contributed by atoms with Crippen molar-refractivity contribution in [2.24, 2.45) is 0 Å². The predicted octanol–water partition coefficient (Wildman–Crippen LogP) is 4.24. The molecule has 0 spiro atoms. The second kappa shape index (κ2) is 5.74. The van der Waals surface area contributed by atoms with E-state index in [1.165, 1.54) is 0 Å². The van der Waals surface area contributed by atoms with Gasteiger partial charge in [0, 0.05) is 0 Å². The lowest BCUT2D eigenvalue weighted by molar-refractivity contribution is -0.130. The zero-order valence-corrected chi connectivity index (χ0v) is 12.0. The molecular formula is C18H18O2. The van der Waals surface area contributed by atoms with Gasteiger partial charge in [-0.1, -0.05) is 53.6 Å².